The van der Waals surface area contributed by atoms with Crippen molar-refractivity contribution >= 4 is 12.2 Å². The summed E-state index contributed by atoms with van der Waals surface area (Å²) < 4.78 is 5.79. The maximum Gasteiger partial charge on any atom is 0.126 e. The summed E-state index contributed by atoms with van der Waals surface area (Å²) in [5.41, 5.74) is 4.00. The minimum Gasteiger partial charge on any atom is -0.508 e. The van der Waals surface area contributed by atoms with Gasteiger partial charge in [0, 0.05) is 17.2 Å². The van der Waals surface area contributed by atoms with E-state index in [0.29, 0.717) is 0 Å². The quantitative estimate of drug-likeness (QED) is 0.678. The summed E-state index contributed by atoms with van der Waals surface area (Å²) in [5.74, 6) is 1.03. The van der Waals surface area contributed by atoms with E-state index >= 15 is 0 Å². The molecule has 0 amide bonds. The fourth-order valence-corrected chi connectivity index (χ4v) is 2.99. The van der Waals surface area contributed by atoms with Crippen LogP contribution in [0.15, 0.2) is 30.3 Å². The predicted octanol–water partition coefficient (Wildman–Crippen LogP) is 5.87. The second kappa shape index (κ2) is 7.06. The van der Waals surface area contributed by atoms with Crippen molar-refractivity contribution in [1.82, 2.24) is 0 Å². The van der Waals surface area contributed by atoms with E-state index in [-0.39, 0.29) is 22.3 Å². The van der Waals surface area contributed by atoms with E-state index in [4.69, 9.17) is 4.74 Å². The fraction of sp³-hybridized carbons (Fsp3) is 0.391. The summed E-state index contributed by atoms with van der Waals surface area (Å²) >= 11 is 0. The lowest BCUT2D eigenvalue weighted by atomic mass is 9.78. The first-order valence-corrected chi connectivity index (χ1v) is 8.86. The molecule has 0 heterocycles. The first-order valence-electron chi connectivity index (χ1n) is 8.86. The van der Waals surface area contributed by atoms with E-state index in [1.807, 2.05) is 12.2 Å². The van der Waals surface area contributed by atoms with Crippen molar-refractivity contribution < 1.29 is 14.9 Å². The van der Waals surface area contributed by atoms with E-state index in [9.17, 15) is 10.2 Å². The van der Waals surface area contributed by atoms with Crippen molar-refractivity contribution in [1.29, 1.82) is 0 Å². The van der Waals surface area contributed by atoms with E-state index < -0.39 is 0 Å². The summed E-state index contributed by atoms with van der Waals surface area (Å²) in [6.45, 7) is 13.1. The molecule has 0 bridgehead atoms. The number of ether oxygens (including phenoxy) is 1. The standard InChI is InChI=1S/C23H30O3/c1-22(2,3)19-12-16(13-20(21(19)26-7)23(4,5)6)9-8-15-10-17(24)14-18(25)11-15/h8-14,24-25H,1-7H3/b9-8+. The van der Waals surface area contributed by atoms with Gasteiger partial charge in [-0.2, -0.15) is 0 Å². The molecule has 0 atom stereocenters. The first kappa shape index (κ1) is 19.9. The van der Waals surface area contributed by atoms with Crippen LogP contribution < -0.4 is 4.74 Å². The lowest BCUT2D eigenvalue weighted by molar-refractivity contribution is 0.381. The Balaban J connectivity index is 2.60. The molecule has 2 aromatic rings. The zero-order valence-electron chi connectivity index (χ0n) is 16.8. The predicted molar refractivity (Wildman–Crippen MR) is 109 cm³/mol. The molecule has 2 aromatic carbocycles. The molecule has 0 aromatic heterocycles. The number of benzene rings is 2. The number of methoxy groups -OCH3 is 1. The molecule has 0 unspecified atom stereocenters. The van der Waals surface area contributed by atoms with Gasteiger partial charge in [-0.25, -0.2) is 0 Å². The van der Waals surface area contributed by atoms with Crippen LogP contribution in [0.2, 0.25) is 0 Å². The summed E-state index contributed by atoms with van der Waals surface area (Å²) in [6, 6.07) is 8.85. The van der Waals surface area contributed by atoms with Gasteiger partial charge in [0.25, 0.3) is 0 Å². The Kier molecular flexibility index (Phi) is 5.41. The van der Waals surface area contributed by atoms with E-state index in [0.717, 1.165) is 28.0 Å². The molecule has 3 heteroatoms. The zero-order chi connectivity index (χ0) is 19.7. The highest BCUT2D eigenvalue weighted by atomic mass is 16.5. The minimum atomic E-state index is -0.0571. The molecule has 0 aliphatic heterocycles. The maximum absolute atomic E-state index is 9.65. The number of hydrogen-bond acceptors (Lipinski definition) is 3. The van der Waals surface area contributed by atoms with Crippen LogP contribution >= 0.6 is 0 Å². The summed E-state index contributed by atoms with van der Waals surface area (Å²) in [7, 11) is 1.73. The Morgan fingerprint density at radius 3 is 1.42 bits per heavy atom. The zero-order valence-corrected chi connectivity index (χ0v) is 16.8. The smallest absolute Gasteiger partial charge is 0.126 e. The second-order valence-corrected chi connectivity index (χ2v) is 8.77. The molecule has 0 saturated carbocycles. The van der Waals surface area contributed by atoms with Crippen LogP contribution in [0, 0.1) is 0 Å². The highest BCUT2D eigenvalue weighted by Crippen LogP contribution is 2.40. The van der Waals surface area contributed by atoms with Gasteiger partial charge >= 0.3 is 0 Å². The van der Waals surface area contributed by atoms with Crippen molar-refractivity contribution in [3.05, 3.63) is 52.6 Å². The number of phenolic OH excluding ortho intramolecular Hbond substituents is 2. The van der Waals surface area contributed by atoms with Crippen molar-refractivity contribution in [2.75, 3.05) is 7.11 Å². The molecule has 0 fully saturated rings. The number of phenols is 2. The van der Waals surface area contributed by atoms with Crippen LogP contribution in [0.25, 0.3) is 12.2 Å². The average molecular weight is 354 g/mol. The highest BCUT2D eigenvalue weighted by molar-refractivity contribution is 5.73. The SMILES string of the molecule is COc1c(C(C)(C)C)cc(/C=C/c2cc(O)cc(O)c2)cc1C(C)(C)C. The van der Waals surface area contributed by atoms with Gasteiger partial charge in [-0.05, 0) is 46.2 Å². The summed E-state index contributed by atoms with van der Waals surface area (Å²) in [5, 5.41) is 19.3. The molecule has 26 heavy (non-hydrogen) atoms. The first-order chi connectivity index (χ1) is 11.9. The van der Waals surface area contributed by atoms with E-state index in [1.165, 1.54) is 6.07 Å². The number of hydrogen-bond donors (Lipinski definition) is 2. The van der Waals surface area contributed by atoms with Crippen LogP contribution in [-0.4, -0.2) is 17.3 Å². The number of aromatic hydroxyl groups is 2. The van der Waals surface area contributed by atoms with Gasteiger partial charge in [-0.3, -0.25) is 0 Å². The number of rotatable bonds is 3. The lowest BCUT2D eigenvalue weighted by Gasteiger charge is -2.29. The molecule has 0 aliphatic rings. The Morgan fingerprint density at radius 1 is 0.692 bits per heavy atom. The van der Waals surface area contributed by atoms with Gasteiger partial charge in [-0.1, -0.05) is 53.7 Å². The molecule has 0 saturated heterocycles. The Morgan fingerprint density at radius 2 is 1.08 bits per heavy atom. The van der Waals surface area contributed by atoms with Gasteiger partial charge in [-0.15, -0.1) is 0 Å². The van der Waals surface area contributed by atoms with Gasteiger partial charge < -0.3 is 14.9 Å². The summed E-state index contributed by atoms with van der Waals surface area (Å²) in [6.07, 6.45) is 3.89. The molecular weight excluding hydrogens is 324 g/mol. The van der Waals surface area contributed by atoms with E-state index in [1.54, 1.807) is 19.2 Å². The highest BCUT2D eigenvalue weighted by Gasteiger charge is 2.27. The normalized spacial score (nSPS) is 12.6. The largest absolute Gasteiger partial charge is 0.508 e. The van der Waals surface area contributed by atoms with Crippen molar-refractivity contribution in [2.24, 2.45) is 0 Å². The van der Waals surface area contributed by atoms with Crippen LogP contribution in [0.3, 0.4) is 0 Å². The Hall–Kier alpha value is -2.42. The Labute approximate surface area is 157 Å². The average Bonchev–Trinajstić information content (AvgIpc) is 2.49. The van der Waals surface area contributed by atoms with Crippen LogP contribution in [0.1, 0.15) is 63.8 Å². The van der Waals surface area contributed by atoms with Crippen molar-refractivity contribution in [3.8, 4) is 17.2 Å². The third-order valence-corrected chi connectivity index (χ3v) is 4.32. The molecule has 0 spiro atoms. The van der Waals surface area contributed by atoms with Gasteiger partial charge in [0.1, 0.15) is 17.2 Å². The van der Waals surface area contributed by atoms with Gasteiger partial charge in [0.2, 0.25) is 0 Å². The van der Waals surface area contributed by atoms with Gasteiger partial charge in [0.05, 0.1) is 7.11 Å². The third-order valence-electron chi connectivity index (χ3n) is 4.32. The van der Waals surface area contributed by atoms with Crippen LogP contribution in [0.4, 0.5) is 0 Å². The molecule has 2 N–H and O–H groups in total. The monoisotopic (exact) mass is 354 g/mol. The molecule has 0 radical (unpaired) electrons. The second-order valence-electron chi connectivity index (χ2n) is 8.77. The Bertz CT molecular complexity index is 763. The molecule has 2 rings (SSSR count). The lowest BCUT2D eigenvalue weighted by Crippen LogP contribution is -2.19. The maximum atomic E-state index is 9.65. The molecule has 0 aliphatic carbocycles. The molecule has 140 valence electrons. The minimum absolute atomic E-state index is 0.0464. The third kappa shape index (κ3) is 4.60. The molecule has 3 nitrogen and oxygen atoms in total. The van der Waals surface area contributed by atoms with Crippen molar-refractivity contribution in [3.63, 3.8) is 0 Å². The van der Waals surface area contributed by atoms with Crippen LogP contribution in [0.5, 0.6) is 17.2 Å². The van der Waals surface area contributed by atoms with Crippen LogP contribution in [-0.2, 0) is 10.8 Å². The van der Waals surface area contributed by atoms with Crippen molar-refractivity contribution in [2.45, 2.75) is 52.4 Å². The fourth-order valence-electron chi connectivity index (χ4n) is 2.99. The van der Waals surface area contributed by atoms with E-state index in [2.05, 4.69) is 53.7 Å². The molecular formula is C23H30O3. The topological polar surface area (TPSA) is 49.7 Å². The van der Waals surface area contributed by atoms with Gasteiger partial charge in [0.15, 0.2) is 0 Å². The summed E-state index contributed by atoms with van der Waals surface area (Å²) in [4.78, 5) is 0.